The Kier molecular flexibility index (Phi) is 0.510. The van der Waals surface area contributed by atoms with E-state index in [1.54, 1.807) is 0 Å². The smallest absolute Gasteiger partial charge is 0.266 e. The highest BCUT2D eigenvalue weighted by Crippen LogP contribution is 1.99. The molecule has 0 atom stereocenters. The lowest BCUT2D eigenvalue weighted by atomic mass is 10.5. The molecule has 0 radical (unpaired) electrons. The summed E-state index contributed by atoms with van der Waals surface area (Å²) in [5, 5.41) is 0. The number of hydrogen-bond acceptors (Lipinski definition) is 2. The van der Waals surface area contributed by atoms with Crippen LogP contribution < -0.4 is 5.56 Å². The van der Waals surface area contributed by atoms with Gasteiger partial charge in [0.2, 0.25) is 0 Å². The van der Waals surface area contributed by atoms with Crippen LogP contribution in [0.3, 0.4) is 0 Å². The van der Waals surface area contributed by atoms with E-state index in [1.165, 1.54) is 0 Å². The molecule has 0 aromatic carbocycles. The van der Waals surface area contributed by atoms with E-state index in [2.05, 4.69) is 15.0 Å². The first kappa shape index (κ1) is 3.01. The largest absolute Gasteiger partial charge is 0.345 e. The van der Waals surface area contributed by atoms with Crippen molar-refractivity contribution in [2.24, 2.45) is 0 Å². The molecule has 50 valence electrons. The Morgan fingerprint density at radius 2 is 2.60 bits per heavy atom. The lowest BCUT2D eigenvalue weighted by molar-refractivity contribution is 1.20. The van der Waals surface area contributed by atoms with Crippen molar-refractivity contribution in [3.05, 3.63) is 28.7 Å². The maximum absolute atomic E-state index is 10.9. The molecule has 2 aromatic heterocycles. The molecule has 2 rings (SSSR count). The second kappa shape index (κ2) is 1.70. The lowest BCUT2D eigenvalue weighted by Gasteiger charge is -1.83. The van der Waals surface area contributed by atoms with E-state index < -0.39 is 11.7 Å². The van der Waals surface area contributed by atoms with Crippen LogP contribution in [0.5, 0.6) is 0 Å². The predicted octanol–water partition coefficient (Wildman–Crippen LogP) is 0.251. The molecular formula is C6H5N3O. The van der Waals surface area contributed by atoms with Gasteiger partial charge in [0.25, 0.3) is 5.56 Å². The molecule has 4 heteroatoms. The average molecular weight is 138 g/mol. The fraction of sp³-hybridized carbons (Fsp3) is 0. The van der Waals surface area contributed by atoms with Crippen molar-refractivity contribution in [3.8, 4) is 0 Å². The normalized spacial score (nSPS) is 14.6. The average Bonchev–Trinajstić information content (AvgIpc) is 2.32. The topological polar surface area (TPSA) is 61.5 Å². The Hall–Kier alpha value is -1.58. The fourth-order valence-electron chi connectivity index (χ4n) is 0.697. The lowest BCUT2D eigenvalue weighted by Crippen LogP contribution is -2.03. The minimum Gasteiger partial charge on any atom is -0.345 e. The number of hydrogen-bond donors (Lipinski definition) is 2. The van der Waals surface area contributed by atoms with Crippen LogP contribution in [0.2, 0.25) is 0 Å². The quantitative estimate of drug-likeness (QED) is 0.548. The molecule has 2 aromatic rings. The van der Waals surface area contributed by atoms with Crippen LogP contribution in [0.25, 0.3) is 11.2 Å². The third-order valence-corrected chi connectivity index (χ3v) is 1.11. The van der Waals surface area contributed by atoms with E-state index in [9.17, 15) is 4.79 Å². The molecule has 2 heterocycles. The van der Waals surface area contributed by atoms with Crippen molar-refractivity contribution in [1.29, 1.82) is 0 Å². The van der Waals surface area contributed by atoms with Gasteiger partial charge in [0.15, 0.2) is 5.65 Å². The van der Waals surface area contributed by atoms with Crippen molar-refractivity contribution in [3.63, 3.8) is 0 Å². The highest BCUT2D eigenvalue weighted by Gasteiger charge is 1.92. The third-order valence-electron chi connectivity index (χ3n) is 1.11. The van der Waals surface area contributed by atoms with Gasteiger partial charge in [-0.3, -0.25) is 4.79 Å². The first-order chi connectivity index (χ1) is 6.09. The van der Waals surface area contributed by atoms with Crippen molar-refractivity contribution < 1.29 is 4.11 Å². The summed E-state index contributed by atoms with van der Waals surface area (Å²) < 4.78 is 21.7. The van der Waals surface area contributed by atoms with Gasteiger partial charge in [-0.05, 0) is 6.04 Å². The van der Waals surface area contributed by atoms with E-state index in [0.717, 1.165) is 0 Å². The first-order valence-electron chi connectivity index (χ1n) is 4.15. The molecule has 2 N–H and O–H groups in total. The zero-order valence-electron chi connectivity index (χ0n) is 7.86. The molecule has 0 amide bonds. The molecule has 4 nitrogen and oxygen atoms in total. The van der Waals surface area contributed by atoms with E-state index in [-0.39, 0.29) is 23.4 Å². The van der Waals surface area contributed by atoms with Gasteiger partial charge in [0.05, 0.1) is 15.8 Å². The summed E-state index contributed by atoms with van der Waals surface area (Å²) in [6, 6.07) is -0.111. The summed E-state index contributed by atoms with van der Waals surface area (Å²) in [5.74, 6) is 0. The maximum Gasteiger partial charge on any atom is 0.266 e. The van der Waals surface area contributed by atoms with Crippen LogP contribution in [0.1, 0.15) is 4.11 Å². The van der Waals surface area contributed by atoms with Crippen molar-refractivity contribution in [2.45, 2.75) is 0 Å². The molecule has 0 aliphatic rings. The highest BCUT2D eigenvalue weighted by molar-refractivity contribution is 5.69. The summed E-state index contributed by atoms with van der Waals surface area (Å²) in [6.45, 7) is 0. The Labute approximate surface area is 60.1 Å². The van der Waals surface area contributed by atoms with Gasteiger partial charge in [-0.2, -0.15) is 0 Å². The van der Waals surface area contributed by atoms with Gasteiger partial charge in [-0.25, -0.2) is 4.98 Å². The number of aromatic amines is 2. The summed E-state index contributed by atoms with van der Waals surface area (Å²) >= 11 is 0. The summed E-state index contributed by atoms with van der Waals surface area (Å²) in [5.41, 5.74) is -0.286. The maximum atomic E-state index is 10.9. The second-order valence-corrected chi connectivity index (χ2v) is 1.78. The van der Waals surface area contributed by atoms with Crippen LogP contribution >= 0.6 is 0 Å². The highest BCUT2D eigenvalue weighted by atomic mass is 16.1. The Bertz CT molecular complexity index is 530. The van der Waals surface area contributed by atoms with E-state index in [4.69, 9.17) is 4.11 Å². The Morgan fingerprint density at radius 1 is 1.70 bits per heavy atom. The van der Waals surface area contributed by atoms with E-state index in [1.807, 2.05) is 0 Å². The van der Waals surface area contributed by atoms with Gasteiger partial charge < -0.3 is 9.97 Å². The molecule has 0 saturated carbocycles. The van der Waals surface area contributed by atoms with Gasteiger partial charge >= 0.3 is 0 Å². The number of aromatic nitrogens is 3. The number of rotatable bonds is 0. The molecule has 0 aliphatic heterocycles. The SMILES string of the molecule is [2H]c1[nH]c2nc([2H])c(=O)[nH]c2c1[2H]. The van der Waals surface area contributed by atoms with Crippen LogP contribution in [-0.4, -0.2) is 15.0 Å². The Morgan fingerprint density at radius 3 is 3.50 bits per heavy atom. The second-order valence-electron chi connectivity index (χ2n) is 1.78. The number of nitrogens with one attached hydrogen (secondary N) is 2. The van der Waals surface area contributed by atoms with Crippen molar-refractivity contribution in [1.82, 2.24) is 15.0 Å². The molecule has 0 saturated heterocycles. The monoisotopic (exact) mass is 138 g/mol. The molecule has 0 aliphatic carbocycles. The van der Waals surface area contributed by atoms with Gasteiger partial charge in [-0.1, -0.05) is 0 Å². The molecule has 0 unspecified atom stereocenters. The van der Waals surface area contributed by atoms with Crippen LogP contribution in [0.15, 0.2) is 23.2 Å². The van der Waals surface area contributed by atoms with Crippen molar-refractivity contribution >= 4 is 11.2 Å². The third kappa shape index (κ3) is 0.621. The first-order valence-corrected chi connectivity index (χ1v) is 2.65. The Balaban J connectivity index is 2.97. The summed E-state index contributed by atoms with van der Waals surface area (Å²) in [4.78, 5) is 19.3. The van der Waals surface area contributed by atoms with Gasteiger partial charge in [0, 0.05) is 6.17 Å². The predicted molar refractivity (Wildman–Crippen MR) is 36.7 cm³/mol. The number of nitrogens with zero attached hydrogens (tertiary/aromatic N) is 1. The minimum atomic E-state index is -0.653. The number of H-pyrrole nitrogens is 2. The van der Waals surface area contributed by atoms with Crippen LogP contribution in [0.4, 0.5) is 0 Å². The summed E-state index contributed by atoms with van der Waals surface area (Å²) in [7, 11) is 0. The van der Waals surface area contributed by atoms with Gasteiger partial charge in [-0.15, -0.1) is 0 Å². The number of fused-ring (bicyclic) bond motifs is 1. The molecule has 10 heavy (non-hydrogen) atoms. The molecule has 0 bridgehead atoms. The zero-order chi connectivity index (χ0) is 9.59. The van der Waals surface area contributed by atoms with Gasteiger partial charge in [0.1, 0.15) is 0 Å². The van der Waals surface area contributed by atoms with Crippen molar-refractivity contribution in [2.75, 3.05) is 0 Å². The van der Waals surface area contributed by atoms with Crippen LogP contribution in [0, 0.1) is 0 Å². The zero-order valence-corrected chi connectivity index (χ0v) is 4.86. The molecular weight excluding hydrogens is 130 g/mol. The fourth-order valence-corrected chi connectivity index (χ4v) is 0.697. The van der Waals surface area contributed by atoms with E-state index in [0.29, 0.717) is 0 Å². The minimum absolute atomic E-state index is 0.111. The summed E-state index contributed by atoms with van der Waals surface area (Å²) in [6.07, 6.45) is -0.544. The molecule has 0 fully saturated rings. The molecule has 0 spiro atoms. The standard InChI is InChI=1S/C6H5N3O/c10-5-3-8-6-4(9-5)1-2-7-6/h1-3H,(H,7,8)(H,9,10)/i1D,2D,3D. The van der Waals surface area contributed by atoms with Crippen LogP contribution in [-0.2, 0) is 0 Å². The van der Waals surface area contributed by atoms with E-state index >= 15 is 0 Å².